The Morgan fingerprint density at radius 2 is 1.79 bits per heavy atom. The fraction of sp³-hybridized carbons (Fsp3) is 0.308. The number of carbonyl (C=O) groups excluding carboxylic acids is 2. The molecule has 0 fully saturated rings. The lowest BCUT2D eigenvalue weighted by molar-refractivity contribution is -0.151. The lowest BCUT2D eigenvalue weighted by Crippen LogP contribution is -2.30. The van der Waals surface area contributed by atoms with Crippen molar-refractivity contribution in [2.45, 2.75) is 13.0 Å². The first-order chi connectivity index (χ1) is 8.93. The van der Waals surface area contributed by atoms with Crippen LogP contribution in [0.5, 0.6) is 5.75 Å². The van der Waals surface area contributed by atoms with Crippen LogP contribution in [0.3, 0.4) is 0 Å². The number of carboxylic acids is 1. The zero-order valence-electron chi connectivity index (χ0n) is 10.8. The van der Waals surface area contributed by atoms with Crippen LogP contribution >= 0.6 is 0 Å². The Morgan fingerprint density at radius 3 is 2.26 bits per heavy atom. The van der Waals surface area contributed by atoms with Crippen molar-refractivity contribution in [2.75, 3.05) is 14.2 Å². The molecule has 0 spiro atoms. The molecule has 6 nitrogen and oxygen atoms in total. The van der Waals surface area contributed by atoms with Gasteiger partial charge in [-0.3, -0.25) is 9.59 Å². The smallest absolute Gasteiger partial charge is 0.372 e. The third-order valence-corrected chi connectivity index (χ3v) is 2.55. The fourth-order valence-electron chi connectivity index (χ4n) is 1.44. The predicted molar refractivity (Wildman–Crippen MR) is 66.7 cm³/mol. The number of carbonyl (C=O) groups is 3. The van der Waals surface area contributed by atoms with Crippen LogP contribution in [0.4, 0.5) is 0 Å². The third kappa shape index (κ3) is 4.42. The number of benzene rings is 1. The van der Waals surface area contributed by atoms with E-state index >= 15 is 0 Å². The van der Waals surface area contributed by atoms with Gasteiger partial charge in [-0.1, -0.05) is 12.1 Å². The van der Waals surface area contributed by atoms with Gasteiger partial charge >= 0.3 is 5.97 Å². The molecule has 0 aromatic heterocycles. The van der Waals surface area contributed by atoms with Crippen LogP contribution in [0.2, 0.25) is 0 Å². The van der Waals surface area contributed by atoms with E-state index in [1.807, 2.05) is 0 Å². The van der Waals surface area contributed by atoms with E-state index in [1.54, 1.807) is 31.4 Å². The number of hydrogen-bond donors (Lipinski definition) is 1. The minimum Gasteiger partial charge on any atom is -0.497 e. The molecule has 0 aliphatic rings. The second-order valence-electron chi connectivity index (χ2n) is 4.00. The first kappa shape index (κ1) is 14.7. The number of aliphatic carboxylic acids is 1. The Kier molecular flexibility index (Phi) is 5.05. The topological polar surface area (TPSA) is 83.9 Å². The SMILES string of the molecule is COc1ccc(CN(C)C(=O)CC(=O)C(=O)O)cc1. The van der Waals surface area contributed by atoms with E-state index in [1.165, 1.54) is 11.9 Å². The van der Waals surface area contributed by atoms with Gasteiger partial charge in [0.05, 0.1) is 13.5 Å². The maximum absolute atomic E-state index is 11.6. The highest BCUT2D eigenvalue weighted by Gasteiger charge is 2.19. The van der Waals surface area contributed by atoms with Crippen molar-refractivity contribution < 1.29 is 24.2 Å². The number of rotatable bonds is 6. The van der Waals surface area contributed by atoms with Gasteiger partial charge in [0, 0.05) is 13.6 Å². The highest BCUT2D eigenvalue weighted by atomic mass is 16.5. The summed E-state index contributed by atoms with van der Waals surface area (Å²) in [6.45, 7) is 0.301. The number of ketones is 1. The Morgan fingerprint density at radius 1 is 1.21 bits per heavy atom. The Balaban J connectivity index is 2.58. The standard InChI is InChI=1S/C13H15NO5/c1-14(12(16)7-11(15)13(17)18)8-9-3-5-10(19-2)6-4-9/h3-6H,7-8H2,1-2H3,(H,17,18). The molecule has 1 aromatic rings. The van der Waals surface area contributed by atoms with Gasteiger partial charge in [0.2, 0.25) is 11.7 Å². The second-order valence-corrected chi connectivity index (χ2v) is 4.00. The average Bonchev–Trinajstić information content (AvgIpc) is 2.39. The number of ether oxygens (including phenoxy) is 1. The van der Waals surface area contributed by atoms with E-state index in [2.05, 4.69) is 0 Å². The van der Waals surface area contributed by atoms with Crippen LogP contribution in [-0.2, 0) is 20.9 Å². The predicted octanol–water partition coefficient (Wildman–Crippen LogP) is 0.697. The largest absolute Gasteiger partial charge is 0.497 e. The summed E-state index contributed by atoms with van der Waals surface area (Å²) in [4.78, 5) is 34.2. The number of hydrogen-bond acceptors (Lipinski definition) is 4. The van der Waals surface area contributed by atoms with Gasteiger partial charge in [0.1, 0.15) is 5.75 Å². The van der Waals surface area contributed by atoms with Gasteiger partial charge in [0.15, 0.2) is 0 Å². The summed E-state index contributed by atoms with van der Waals surface area (Å²) in [6.07, 6.45) is -0.623. The average molecular weight is 265 g/mol. The number of carboxylic acid groups (broad SMARTS) is 1. The Bertz CT molecular complexity index is 480. The summed E-state index contributed by atoms with van der Waals surface area (Å²) in [5.74, 6) is -2.51. The molecule has 0 saturated heterocycles. The van der Waals surface area contributed by atoms with E-state index in [9.17, 15) is 14.4 Å². The molecule has 1 rings (SSSR count). The molecule has 0 atom stereocenters. The molecule has 0 aliphatic carbocycles. The molecule has 0 heterocycles. The molecule has 19 heavy (non-hydrogen) atoms. The van der Waals surface area contributed by atoms with Crippen molar-refractivity contribution in [1.82, 2.24) is 4.90 Å². The first-order valence-electron chi connectivity index (χ1n) is 5.57. The Labute approximate surface area is 110 Å². The molecule has 0 radical (unpaired) electrons. The highest BCUT2D eigenvalue weighted by molar-refractivity contribution is 6.36. The zero-order valence-corrected chi connectivity index (χ0v) is 10.8. The normalized spacial score (nSPS) is 9.79. The molecule has 102 valence electrons. The fourth-order valence-corrected chi connectivity index (χ4v) is 1.44. The van der Waals surface area contributed by atoms with Crippen molar-refractivity contribution in [3.8, 4) is 5.75 Å². The summed E-state index contributed by atoms with van der Waals surface area (Å²) in [7, 11) is 3.07. The third-order valence-electron chi connectivity index (χ3n) is 2.55. The Hall–Kier alpha value is -2.37. The molecule has 1 aromatic carbocycles. The lowest BCUT2D eigenvalue weighted by Gasteiger charge is -2.16. The summed E-state index contributed by atoms with van der Waals surface area (Å²) in [6, 6.07) is 7.11. The van der Waals surface area contributed by atoms with Crippen LogP contribution < -0.4 is 4.74 Å². The summed E-state index contributed by atoms with van der Waals surface area (Å²) in [5.41, 5.74) is 0.861. The zero-order chi connectivity index (χ0) is 14.4. The minimum atomic E-state index is -1.59. The molecule has 0 bridgehead atoms. The van der Waals surface area contributed by atoms with Crippen LogP contribution in [-0.4, -0.2) is 41.8 Å². The van der Waals surface area contributed by atoms with E-state index in [0.29, 0.717) is 12.3 Å². The van der Waals surface area contributed by atoms with E-state index in [0.717, 1.165) is 5.56 Å². The van der Waals surface area contributed by atoms with Gasteiger partial charge in [-0.15, -0.1) is 0 Å². The molecular formula is C13H15NO5. The molecule has 1 amide bonds. The maximum atomic E-state index is 11.6. The molecule has 1 N–H and O–H groups in total. The molecule has 0 unspecified atom stereocenters. The lowest BCUT2D eigenvalue weighted by atomic mass is 10.2. The van der Waals surface area contributed by atoms with E-state index in [4.69, 9.17) is 9.84 Å². The van der Waals surface area contributed by atoms with Crippen molar-refractivity contribution in [3.05, 3.63) is 29.8 Å². The van der Waals surface area contributed by atoms with Crippen molar-refractivity contribution in [3.63, 3.8) is 0 Å². The number of nitrogens with zero attached hydrogens (tertiary/aromatic N) is 1. The number of methoxy groups -OCH3 is 1. The number of Topliss-reactive ketones (excluding diaryl/α,β-unsaturated/α-hetero) is 1. The van der Waals surface area contributed by atoms with Gasteiger partial charge in [-0.2, -0.15) is 0 Å². The molecule has 0 saturated carbocycles. The first-order valence-corrected chi connectivity index (χ1v) is 5.57. The summed E-state index contributed by atoms with van der Waals surface area (Å²) >= 11 is 0. The monoisotopic (exact) mass is 265 g/mol. The summed E-state index contributed by atoms with van der Waals surface area (Å²) < 4.78 is 5.01. The second kappa shape index (κ2) is 6.53. The molecular weight excluding hydrogens is 250 g/mol. The van der Waals surface area contributed by atoms with Gasteiger partial charge in [-0.05, 0) is 17.7 Å². The van der Waals surface area contributed by atoms with Crippen LogP contribution in [0, 0.1) is 0 Å². The summed E-state index contributed by atoms with van der Waals surface area (Å²) in [5, 5.41) is 8.43. The van der Waals surface area contributed by atoms with Crippen molar-refractivity contribution >= 4 is 17.7 Å². The quantitative estimate of drug-likeness (QED) is 0.604. The van der Waals surface area contributed by atoms with Crippen molar-refractivity contribution in [2.24, 2.45) is 0 Å². The molecule has 0 aliphatic heterocycles. The van der Waals surface area contributed by atoms with Crippen molar-refractivity contribution in [1.29, 1.82) is 0 Å². The number of amides is 1. The van der Waals surface area contributed by atoms with E-state index in [-0.39, 0.29) is 0 Å². The minimum absolute atomic E-state index is 0.301. The van der Waals surface area contributed by atoms with Gasteiger partial charge in [0.25, 0.3) is 0 Å². The van der Waals surface area contributed by atoms with Crippen LogP contribution in [0.1, 0.15) is 12.0 Å². The maximum Gasteiger partial charge on any atom is 0.372 e. The van der Waals surface area contributed by atoms with Gasteiger partial charge < -0.3 is 14.7 Å². The van der Waals surface area contributed by atoms with Gasteiger partial charge in [-0.25, -0.2) is 4.79 Å². The van der Waals surface area contributed by atoms with E-state index < -0.39 is 24.1 Å². The van der Waals surface area contributed by atoms with Crippen LogP contribution in [0.15, 0.2) is 24.3 Å². The molecule has 6 heteroatoms. The van der Waals surface area contributed by atoms with Crippen LogP contribution in [0.25, 0.3) is 0 Å². The highest BCUT2D eigenvalue weighted by Crippen LogP contribution is 2.12.